The topological polar surface area (TPSA) is 43.1 Å². The number of carbonyl (C=O) groups is 1. The Hall–Kier alpha value is -1.22. The normalized spacial score (nSPS) is 11.5. The van der Waals surface area contributed by atoms with Gasteiger partial charge in [-0.25, -0.2) is 4.39 Å². The van der Waals surface area contributed by atoms with Crippen molar-refractivity contribution in [2.24, 2.45) is 5.73 Å². The molecule has 1 aromatic rings. The monoisotopic (exact) mass is 209 g/mol. The van der Waals surface area contributed by atoms with Crippen LogP contribution in [-0.2, 0) is 6.42 Å². The largest absolute Gasteiger partial charge is 0.324 e. The van der Waals surface area contributed by atoms with Gasteiger partial charge in [0.2, 0.25) is 0 Å². The Labute approximate surface area is 89.3 Å². The van der Waals surface area contributed by atoms with Crippen LogP contribution < -0.4 is 5.73 Å². The number of hydrogen-bond donors (Lipinski definition) is 1. The number of benzene rings is 1. The number of carbonyl (C=O) groups excluding carboxylic acids is 1. The minimum Gasteiger partial charge on any atom is -0.324 e. The second kappa shape index (κ2) is 4.53. The van der Waals surface area contributed by atoms with E-state index < -0.39 is 5.67 Å². The van der Waals surface area contributed by atoms with Crippen LogP contribution in [0.1, 0.15) is 29.8 Å². The molecule has 0 fully saturated rings. The van der Waals surface area contributed by atoms with E-state index >= 15 is 0 Å². The van der Waals surface area contributed by atoms with E-state index in [4.69, 9.17) is 5.73 Å². The van der Waals surface area contributed by atoms with Crippen molar-refractivity contribution in [3.05, 3.63) is 35.4 Å². The van der Waals surface area contributed by atoms with E-state index in [-0.39, 0.29) is 12.3 Å². The van der Waals surface area contributed by atoms with Gasteiger partial charge in [0.1, 0.15) is 5.67 Å². The van der Waals surface area contributed by atoms with Crippen molar-refractivity contribution in [1.82, 2.24) is 0 Å². The van der Waals surface area contributed by atoms with Gasteiger partial charge in [-0.05, 0) is 25.5 Å². The van der Waals surface area contributed by atoms with Gasteiger partial charge in [-0.3, -0.25) is 4.79 Å². The fourth-order valence-corrected chi connectivity index (χ4v) is 1.46. The van der Waals surface area contributed by atoms with Gasteiger partial charge in [-0.1, -0.05) is 18.2 Å². The summed E-state index contributed by atoms with van der Waals surface area (Å²) in [6.07, 6.45) is 0.304. The fraction of sp³-hybridized carbons (Fsp3) is 0.417. The van der Waals surface area contributed by atoms with Crippen LogP contribution in [-0.4, -0.2) is 18.0 Å². The van der Waals surface area contributed by atoms with Crippen LogP contribution in [0.5, 0.6) is 0 Å². The number of ketones is 1. The van der Waals surface area contributed by atoms with Crippen LogP contribution in [0.2, 0.25) is 0 Å². The highest BCUT2D eigenvalue weighted by atomic mass is 19.1. The molecule has 0 aromatic heterocycles. The average molecular weight is 209 g/mol. The Morgan fingerprint density at radius 3 is 2.67 bits per heavy atom. The fourth-order valence-electron chi connectivity index (χ4n) is 1.46. The summed E-state index contributed by atoms with van der Waals surface area (Å²) < 4.78 is 13.4. The summed E-state index contributed by atoms with van der Waals surface area (Å²) in [6.45, 7) is 3.03. The molecule has 3 heteroatoms. The van der Waals surface area contributed by atoms with Crippen molar-refractivity contribution >= 4 is 5.78 Å². The molecule has 1 rings (SSSR count). The van der Waals surface area contributed by atoms with E-state index in [1.807, 2.05) is 6.07 Å². The first-order chi connectivity index (χ1) is 6.92. The van der Waals surface area contributed by atoms with E-state index in [9.17, 15) is 9.18 Å². The molecular formula is C12H16FNO. The third kappa shape index (κ3) is 3.80. The van der Waals surface area contributed by atoms with Gasteiger partial charge >= 0.3 is 0 Å². The van der Waals surface area contributed by atoms with Crippen molar-refractivity contribution in [1.29, 1.82) is 0 Å². The molecule has 0 heterocycles. The lowest BCUT2D eigenvalue weighted by molar-refractivity contribution is 0.100. The molecule has 82 valence electrons. The molecule has 1 aromatic carbocycles. The van der Waals surface area contributed by atoms with Crippen molar-refractivity contribution < 1.29 is 9.18 Å². The average Bonchev–Trinajstić information content (AvgIpc) is 2.14. The third-order valence-electron chi connectivity index (χ3n) is 2.06. The van der Waals surface area contributed by atoms with Gasteiger partial charge in [0.25, 0.3) is 0 Å². The van der Waals surface area contributed by atoms with Crippen LogP contribution in [0.25, 0.3) is 0 Å². The molecule has 2 N–H and O–H groups in total. The van der Waals surface area contributed by atoms with E-state index in [0.717, 1.165) is 5.56 Å². The minimum atomic E-state index is -1.26. The summed E-state index contributed by atoms with van der Waals surface area (Å²) >= 11 is 0. The molecule has 0 atom stereocenters. The Bertz CT molecular complexity index is 355. The molecule has 0 saturated heterocycles. The highest BCUT2D eigenvalue weighted by Gasteiger charge is 2.16. The maximum absolute atomic E-state index is 13.4. The van der Waals surface area contributed by atoms with Crippen LogP contribution in [0.4, 0.5) is 4.39 Å². The summed E-state index contributed by atoms with van der Waals surface area (Å²) in [6, 6.07) is 6.97. The molecule has 0 bridgehead atoms. The zero-order chi connectivity index (χ0) is 11.5. The number of halogens is 1. The molecule has 0 amide bonds. The maximum atomic E-state index is 13.4. The molecule has 0 spiro atoms. The number of alkyl halides is 1. The number of nitrogens with two attached hydrogens (primary N) is 1. The van der Waals surface area contributed by atoms with Gasteiger partial charge in [0.15, 0.2) is 5.78 Å². The molecule has 0 aliphatic carbocycles. The van der Waals surface area contributed by atoms with Gasteiger partial charge in [-0.15, -0.1) is 0 Å². The lowest BCUT2D eigenvalue weighted by atomic mass is 9.98. The summed E-state index contributed by atoms with van der Waals surface area (Å²) in [5, 5.41) is 0. The van der Waals surface area contributed by atoms with Crippen LogP contribution in [0.3, 0.4) is 0 Å². The Morgan fingerprint density at radius 1 is 1.47 bits per heavy atom. The Morgan fingerprint density at radius 2 is 2.13 bits per heavy atom. The van der Waals surface area contributed by atoms with E-state index in [2.05, 4.69) is 0 Å². The van der Waals surface area contributed by atoms with E-state index in [1.54, 1.807) is 18.2 Å². The second-order valence-electron chi connectivity index (χ2n) is 4.22. The third-order valence-corrected chi connectivity index (χ3v) is 2.06. The van der Waals surface area contributed by atoms with Gasteiger partial charge in [-0.2, -0.15) is 0 Å². The maximum Gasteiger partial charge on any atom is 0.176 e. The lowest BCUT2D eigenvalue weighted by Crippen LogP contribution is -2.17. The quantitative estimate of drug-likeness (QED) is 0.772. The zero-order valence-corrected chi connectivity index (χ0v) is 9.09. The predicted octanol–water partition coefficient (Wildman–Crippen LogP) is 2.12. The Kier molecular flexibility index (Phi) is 3.58. The van der Waals surface area contributed by atoms with E-state index in [0.29, 0.717) is 12.0 Å². The molecule has 0 radical (unpaired) electrons. The summed E-state index contributed by atoms with van der Waals surface area (Å²) in [5.41, 5.74) is 5.37. The van der Waals surface area contributed by atoms with Crippen molar-refractivity contribution in [3.63, 3.8) is 0 Å². The standard InChI is InChI=1S/C12H16FNO/c1-12(2,13)7-9-4-3-5-10(6-9)11(15)8-14/h3-6H,7-8,14H2,1-2H3. The van der Waals surface area contributed by atoms with Gasteiger partial charge < -0.3 is 5.73 Å². The second-order valence-corrected chi connectivity index (χ2v) is 4.22. The predicted molar refractivity (Wildman–Crippen MR) is 58.7 cm³/mol. The number of hydrogen-bond acceptors (Lipinski definition) is 2. The molecular weight excluding hydrogens is 193 g/mol. The van der Waals surface area contributed by atoms with Crippen molar-refractivity contribution in [3.8, 4) is 0 Å². The van der Waals surface area contributed by atoms with Crippen molar-refractivity contribution in [2.75, 3.05) is 6.54 Å². The smallest absolute Gasteiger partial charge is 0.176 e. The number of rotatable bonds is 4. The van der Waals surface area contributed by atoms with Crippen LogP contribution >= 0.6 is 0 Å². The SMILES string of the molecule is CC(C)(F)Cc1cccc(C(=O)CN)c1. The molecule has 0 aliphatic rings. The zero-order valence-electron chi connectivity index (χ0n) is 9.09. The minimum absolute atomic E-state index is 0.0114. The van der Waals surface area contributed by atoms with Crippen LogP contribution in [0.15, 0.2) is 24.3 Å². The molecule has 0 saturated carbocycles. The molecule has 0 aliphatic heterocycles. The summed E-state index contributed by atoms with van der Waals surface area (Å²) in [5.74, 6) is -0.117. The summed E-state index contributed by atoms with van der Waals surface area (Å²) in [4.78, 5) is 11.3. The molecule has 0 unspecified atom stereocenters. The highest BCUT2D eigenvalue weighted by Crippen LogP contribution is 2.17. The van der Waals surface area contributed by atoms with E-state index in [1.165, 1.54) is 13.8 Å². The van der Waals surface area contributed by atoms with Gasteiger partial charge in [0, 0.05) is 12.0 Å². The first kappa shape index (κ1) is 11.9. The molecule has 15 heavy (non-hydrogen) atoms. The summed E-state index contributed by atoms with van der Waals surface area (Å²) in [7, 11) is 0. The highest BCUT2D eigenvalue weighted by molar-refractivity contribution is 5.97. The number of Topliss-reactive ketones (excluding diaryl/α,β-unsaturated/α-hetero) is 1. The lowest BCUT2D eigenvalue weighted by Gasteiger charge is -2.14. The van der Waals surface area contributed by atoms with Gasteiger partial charge in [0.05, 0.1) is 6.54 Å². The first-order valence-corrected chi connectivity index (χ1v) is 4.93. The Balaban J connectivity index is 2.88. The van der Waals surface area contributed by atoms with Crippen molar-refractivity contribution in [2.45, 2.75) is 25.9 Å². The molecule has 2 nitrogen and oxygen atoms in total. The first-order valence-electron chi connectivity index (χ1n) is 4.93. The van der Waals surface area contributed by atoms with Crippen LogP contribution in [0, 0.1) is 0 Å².